The lowest BCUT2D eigenvalue weighted by Crippen LogP contribution is -2.27. The minimum absolute atomic E-state index is 0.212. The van der Waals surface area contributed by atoms with Gasteiger partial charge in [0.2, 0.25) is 0 Å². The van der Waals surface area contributed by atoms with Crippen molar-refractivity contribution in [3.05, 3.63) is 29.3 Å². The lowest BCUT2D eigenvalue weighted by atomic mass is 10.2. The second kappa shape index (κ2) is 4.66. The molecule has 0 aliphatic carbocycles. The molecule has 0 fully saturated rings. The highest BCUT2D eigenvalue weighted by Gasteiger charge is 2.32. The third-order valence-electron chi connectivity index (χ3n) is 1.93. The summed E-state index contributed by atoms with van der Waals surface area (Å²) in [5.74, 6) is -2.33. The average molecular weight is 252 g/mol. The number of hydrogen-bond donors (Lipinski definition) is 0. The largest absolute Gasteiger partial charge is 0.417 e. The lowest BCUT2D eigenvalue weighted by Gasteiger charge is -2.14. The number of alkyl halides is 3. The molecule has 1 aromatic rings. The number of carbonyl (C=O) groups is 1. The molecule has 0 aliphatic rings. The predicted molar refractivity (Wildman–Crippen MR) is 48.3 cm³/mol. The molecule has 0 unspecified atom stereocenters. The van der Waals surface area contributed by atoms with E-state index in [1.54, 1.807) is 0 Å². The molecular formula is C9H8F4N2O2. The fourth-order valence-corrected chi connectivity index (χ4v) is 0.982. The Hall–Kier alpha value is -1.70. The lowest BCUT2D eigenvalue weighted by molar-refractivity contribution is -0.138. The second-order valence-electron chi connectivity index (χ2n) is 3.04. The van der Waals surface area contributed by atoms with Crippen molar-refractivity contribution in [2.45, 2.75) is 6.18 Å². The Morgan fingerprint density at radius 1 is 1.47 bits per heavy atom. The van der Waals surface area contributed by atoms with Crippen LogP contribution in [0.5, 0.6) is 0 Å². The standard InChI is InChI=1S/C9H8F4N2O2/c1-15(17-2)8(16)7-6(10)3-5(4-14-7)9(11,12)13/h3-4H,1-2H3. The first-order valence-corrected chi connectivity index (χ1v) is 4.32. The third-order valence-corrected chi connectivity index (χ3v) is 1.93. The normalized spacial score (nSPS) is 11.4. The molecule has 0 N–H and O–H groups in total. The molecule has 0 spiro atoms. The SMILES string of the molecule is CON(C)C(=O)c1ncc(C(F)(F)F)cc1F. The zero-order valence-corrected chi connectivity index (χ0v) is 8.88. The zero-order valence-electron chi connectivity index (χ0n) is 8.88. The highest BCUT2D eigenvalue weighted by molar-refractivity contribution is 5.91. The van der Waals surface area contributed by atoms with Crippen molar-refractivity contribution in [2.75, 3.05) is 14.2 Å². The summed E-state index contributed by atoms with van der Waals surface area (Å²) in [4.78, 5) is 19.0. The summed E-state index contributed by atoms with van der Waals surface area (Å²) in [5.41, 5.74) is -1.99. The number of nitrogens with zero attached hydrogens (tertiary/aromatic N) is 2. The quantitative estimate of drug-likeness (QED) is 0.596. The van der Waals surface area contributed by atoms with Gasteiger partial charge in [-0.15, -0.1) is 0 Å². The summed E-state index contributed by atoms with van der Waals surface area (Å²) in [7, 11) is 2.33. The fraction of sp³-hybridized carbons (Fsp3) is 0.333. The molecule has 0 saturated carbocycles. The molecule has 0 bridgehead atoms. The molecule has 17 heavy (non-hydrogen) atoms. The first-order chi connectivity index (χ1) is 7.77. The number of aromatic nitrogens is 1. The molecule has 1 aromatic heterocycles. The van der Waals surface area contributed by atoms with E-state index < -0.39 is 29.2 Å². The van der Waals surface area contributed by atoms with E-state index in [0.29, 0.717) is 11.3 Å². The van der Waals surface area contributed by atoms with Crippen molar-refractivity contribution >= 4 is 5.91 Å². The van der Waals surface area contributed by atoms with Crippen LogP contribution in [0.25, 0.3) is 0 Å². The number of halogens is 4. The van der Waals surface area contributed by atoms with Gasteiger partial charge in [0.05, 0.1) is 12.7 Å². The maximum absolute atomic E-state index is 13.3. The van der Waals surface area contributed by atoms with Gasteiger partial charge in [-0.1, -0.05) is 0 Å². The summed E-state index contributed by atoms with van der Waals surface area (Å²) in [6.07, 6.45) is -4.32. The van der Waals surface area contributed by atoms with Crippen molar-refractivity contribution in [2.24, 2.45) is 0 Å². The van der Waals surface area contributed by atoms with Crippen LogP contribution in [0.1, 0.15) is 16.1 Å². The molecule has 8 heteroatoms. The van der Waals surface area contributed by atoms with Crippen LogP contribution in [-0.2, 0) is 11.0 Å². The topological polar surface area (TPSA) is 42.4 Å². The van der Waals surface area contributed by atoms with Crippen LogP contribution in [0.15, 0.2) is 12.3 Å². The molecule has 1 heterocycles. The molecule has 0 saturated heterocycles. The molecule has 0 aliphatic heterocycles. The van der Waals surface area contributed by atoms with Gasteiger partial charge in [-0.3, -0.25) is 9.63 Å². The summed E-state index contributed by atoms with van der Waals surface area (Å²) in [5, 5.41) is 0.651. The van der Waals surface area contributed by atoms with Crippen LogP contribution in [0.4, 0.5) is 17.6 Å². The number of hydroxylamine groups is 2. The van der Waals surface area contributed by atoms with Crippen LogP contribution in [0.3, 0.4) is 0 Å². The van der Waals surface area contributed by atoms with Crippen LogP contribution in [0.2, 0.25) is 0 Å². The average Bonchev–Trinajstić information content (AvgIpc) is 2.25. The number of rotatable bonds is 2. The van der Waals surface area contributed by atoms with Crippen molar-refractivity contribution in [3.8, 4) is 0 Å². The second-order valence-corrected chi connectivity index (χ2v) is 3.04. The van der Waals surface area contributed by atoms with Gasteiger partial charge in [0.15, 0.2) is 11.5 Å². The van der Waals surface area contributed by atoms with Crippen LogP contribution >= 0.6 is 0 Å². The number of hydrogen-bond acceptors (Lipinski definition) is 3. The van der Waals surface area contributed by atoms with E-state index >= 15 is 0 Å². The van der Waals surface area contributed by atoms with Gasteiger partial charge in [0.25, 0.3) is 5.91 Å². The number of carbonyl (C=O) groups excluding carboxylic acids is 1. The third kappa shape index (κ3) is 2.90. The Morgan fingerprint density at radius 3 is 2.47 bits per heavy atom. The Labute approximate surface area is 93.8 Å². The van der Waals surface area contributed by atoms with E-state index in [-0.39, 0.29) is 6.07 Å². The first-order valence-electron chi connectivity index (χ1n) is 4.32. The maximum Gasteiger partial charge on any atom is 0.417 e. The van der Waals surface area contributed by atoms with Crippen molar-refractivity contribution in [1.82, 2.24) is 10.0 Å². The summed E-state index contributed by atoms with van der Waals surface area (Å²) >= 11 is 0. The molecule has 0 atom stereocenters. The van der Waals surface area contributed by atoms with E-state index in [1.165, 1.54) is 7.05 Å². The maximum atomic E-state index is 13.3. The Morgan fingerprint density at radius 2 is 2.06 bits per heavy atom. The van der Waals surface area contributed by atoms with E-state index in [4.69, 9.17) is 0 Å². The van der Waals surface area contributed by atoms with Gasteiger partial charge >= 0.3 is 6.18 Å². The minimum atomic E-state index is -4.71. The van der Waals surface area contributed by atoms with Crippen LogP contribution in [-0.4, -0.2) is 30.1 Å². The van der Waals surface area contributed by atoms with Crippen LogP contribution < -0.4 is 0 Å². The van der Waals surface area contributed by atoms with Gasteiger partial charge < -0.3 is 0 Å². The van der Waals surface area contributed by atoms with Crippen molar-refractivity contribution in [1.29, 1.82) is 0 Å². The first kappa shape index (κ1) is 13.4. The van der Waals surface area contributed by atoms with Crippen molar-refractivity contribution < 1.29 is 27.2 Å². The number of amides is 1. The molecule has 1 rings (SSSR count). The van der Waals surface area contributed by atoms with Gasteiger partial charge in [0.1, 0.15) is 0 Å². The van der Waals surface area contributed by atoms with Gasteiger partial charge in [-0.2, -0.15) is 13.2 Å². The highest BCUT2D eigenvalue weighted by atomic mass is 19.4. The van der Waals surface area contributed by atoms with Gasteiger partial charge in [-0.25, -0.2) is 14.4 Å². The molecule has 0 aromatic carbocycles. The molecule has 94 valence electrons. The molecule has 4 nitrogen and oxygen atoms in total. The molecule has 0 radical (unpaired) electrons. The summed E-state index contributed by atoms with van der Waals surface area (Å²) in [6.45, 7) is 0. The number of pyridine rings is 1. The highest BCUT2D eigenvalue weighted by Crippen LogP contribution is 2.29. The van der Waals surface area contributed by atoms with E-state index in [1.807, 2.05) is 0 Å². The summed E-state index contributed by atoms with van der Waals surface area (Å²) in [6, 6.07) is 0.212. The van der Waals surface area contributed by atoms with Gasteiger partial charge in [-0.05, 0) is 6.07 Å². The monoisotopic (exact) mass is 252 g/mol. The Balaban J connectivity index is 3.11. The minimum Gasteiger partial charge on any atom is -0.274 e. The fourth-order valence-electron chi connectivity index (χ4n) is 0.982. The van der Waals surface area contributed by atoms with E-state index in [0.717, 1.165) is 7.11 Å². The smallest absolute Gasteiger partial charge is 0.274 e. The summed E-state index contributed by atoms with van der Waals surface area (Å²) < 4.78 is 49.9. The van der Waals surface area contributed by atoms with Crippen molar-refractivity contribution in [3.63, 3.8) is 0 Å². The zero-order chi connectivity index (χ0) is 13.2. The Kier molecular flexibility index (Phi) is 3.66. The molecular weight excluding hydrogens is 244 g/mol. The van der Waals surface area contributed by atoms with E-state index in [9.17, 15) is 22.4 Å². The van der Waals surface area contributed by atoms with Crippen LogP contribution in [0, 0.1) is 5.82 Å². The Bertz CT molecular complexity index is 433. The van der Waals surface area contributed by atoms with Gasteiger partial charge in [0, 0.05) is 13.2 Å². The van der Waals surface area contributed by atoms with E-state index in [2.05, 4.69) is 9.82 Å². The predicted octanol–water partition coefficient (Wildman–Crippen LogP) is 1.87. The molecule has 1 amide bonds.